The number of fused-ring (bicyclic) bond motifs is 1. The number of urea groups is 1. The largest absolute Gasteiger partial charge is 0.371 e. The highest BCUT2D eigenvalue weighted by Crippen LogP contribution is 2.28. The number of benzene rings is 1. The quantitative estimate of drug-likeness (QED) is 0.906. The van der Waals surface area contributed by atoms with Gasteiger partial charge in [0, 0.05) is 30.7 Å². The van der Waals surface area contributed by atoms with Crippen LogP contribution in [0.5, 0.6) is 0 Å². The summed E-state index contributed by atoms with van der Waals surface area (Å²) in [5, 5.41) is 2.97. The average Bonchev–Trinajstić information content (AvgIpc) is 2.97. The van der Waals surface area contributed by atoms with Gasteiger partial charge in [-0.15, -0.1) is 0 Å². The monoisotopic (exact) mass is 306 g/mol. The standard InChI is InChI=1S/C19H20N3O/c1-14-10-21(11-14)18-8-6-17(7-9-18)20-19(23)22-12-15-4-2-3-5-16(15)13-22/h2-4,6-9,13-14H,1,5,10-12H2,(H,20,23). The van der Waals surface area contributed by atoms with Gasteiger partial charge in [0.1, 0.15) is 0 Å². The molecule has 0 saturated carbocycles. The van der Waals surface area contributed by atoms with Crippen LogP contribution in [-0.4, -0.2) is 30.6 Å². The van der Waals surface area contributed by atoms with E-state index < -0.39 is 0 Å². The number of hydrogen-bond acceptors (Lipinski definition) is 2. The van der Waals surface area contributed by atoms with Crippen molar-refractivity contribution in [2.24, 2.45) is 5.92 Å². The zero-order valence-corrected chi connectivity index (χ0v) is 13.0. The second-order valence-corrected chi connectivity index (χ2v) is 6.35. The predicted molar refractivity (Wildman–Crippen MR) is 93.1 cm³/mol. The van der Waals surface area contributed by atoms with Crippen LogP contribution in [0.15, 0.2) is 59.8 Å². The Balaban J connectivity index is 1.38. The molecule has 1 fully saturated rings. The third-order valence-electron chi connectivity index (χ3n) is 4.54. The summed E-state index contributed by atoms with van der Waals surface area (Å²) in [6.45, 7) is 6.71. The molecule has 2 amide bonds. The number of anilines is 2. The van der Waals surface area contributed by atoms with Crippen molar-refractivity contribution in [2.45, 2.75) is 6.42 Å². The summed E-state index contributed by atoms with van der Waals surface area (Å²) in [6, 6.07) is 7.94. The normalized spacial score (nSPS) is 19.9. The molecule has 4 nitrogen and oxygen atoms in total. The van der Waals surface area contributed by atoms with Gasteiger partial charge in [0.2, 0.25) is 0 Å². The Morgan fingerprint density at radius 1 is 1.17 bits per heavy atom. The highest BCUT2D eigenvalue weighted by molar-refractivity contribution is 5.91. The zero-order chi connectivity index (χ0) is 15.8. The van der Waals surface area contributed by atoms with E-state index in [1.54, 1.807) is 4.90 Å². The smallest absolute Gasteiger partial charge is 0.326 e. The van der Waals surface area contributed by atoms with Crippen LogP contribution in [0.3, 0.4) is 0 Å². The van der Waals surface area contributed by atoms with Crippen molar-refractivity contribution >= 4 is 17.4 Å². The predicted octanol–water partition coefficient (Wildman–Crippen LogP) is 3.57. The molecule has 0 bridgehead atoms. The van der Waals surface area contributed by atoms with E-state index in [4.69, 9.17) is 0 Å². The van der Waals surface area contributed by atoms with Crippen LogP contribution >= 0.6 is 0 Å². The van der Waals surface area contributed by atoms with Crippen LogP contribution < -0.4 is 10.2 Å². The summed E-state index contributed by atoms with van der Waals surface area (Å²) in [4.78, 5) is 16.4. The minimum absolute atomic E-state index is 0.0812. The molecule has 0 aromatic heterocycles. The van der Waals surface area contributed by atoms with Crippen LogP contribution in [0.4, 0.5) is 16.2 Å². The molecule has 0 spiro atoms. The fraction of sp³-hybridized carbons (Fsp3) is 0.263. The van der Waals surface area contributed by atoms with Crippen LogP contribution in [0, 0.1) is 12.8 Å². The number of amides is 2. The lowest BCUT2D eigenvalue weighted by atomic mass is 10.0. The molecule has 1 radical (unpaired) electrons. The molecule has 4 rings (SSSR count). The lowest BCUT2D eigenvalue weighted by molar-refractivity contribution is 0.233. The molecule has 23 heavy (non-hydrogen) atoms. The number of nitrogens with one attached hydrogen (secondary N) is 1. The van der Waals surface area contributed by atoms with E-state index in [0.717, 1.165) is 25.2 Å². The Labute approximate surface area is 136 Å². The molecule has 117 valence electrons. The number of rotatable bonds is 2. The van der Waals surface area contributed by atoms with Crippen molar-refractivity contribution in [2.75, 3.05) is 29.9 Å². The maximum absolute atomic E-state index is 12.4. The van der Waals surface area contributed by atoms with Gasteiger partial charge < -0.3 is 10.2 Å². The SMILES string of the molecule is [CH2]C1CN(c2ccc(NC(=O)N3C=C4CC=CC=C4C3)cc2)C1. The molecular formula is C19H20N3O. The number of allylic oxidation sites excluding steroid dienone is 3. The van der Waals surface area contributed by atoms with Crippen molar-refractivity contribution in [1.29, 1.82) is 0 Å². The summed E-state index contributed by atoms with van der Waals surface area (Å²) in [6.07, 6.45) is 9.11. The molecule has 3 aliphatic rings. The van der Waals surface area contributed by atoms with Crippen molar-refractivity contribution in [3.8, 4) is 0 Å². The van der Waals surface area contributed by atoms with E-state index >= 15 is 0 Å². The second-order valence-electron chi connectivity index (χ2n) is 6.35. The first-order valence-corrected chi connectivity index (χ1v) is 8.01. The van der Waals surface area contributed by atoms with E-state index in [-0.39, 0.29) is 6.03 Å². The first kappa shape index (κ1) is 14.1. The van der Waals surface area contributed by atoms with E-state index in [0.29, 0.717) is 12.5 Å². The third kappa shape index (κ3) is 2.77. The minimum Gasteiger partial charge on any atom is -0.371 e. The Hall–Kier alpha value is -2.49. The minimum atomic E-state index is -0.0812. The van der Waals surface area contributed by atoms with Gasteiger partial charge >= 0.3 is 6.03 Å². The van der Waals surface area contributed by atoms with Crippen molar-refractivity contribution in [1.82, 2.24) is 4.90 Å². The van der Waals surface area contributed by atoms with Gasteiger partial charge in [-0.2, -0.15) is 0 Å². The van der Waals surface area contributed by atoms with Gasteiger partial charge in [-0.1, -0.05) is 18.2 Å². The van der Waals surface area contributed by atoms with E-state index in [9.17, 15) is 4.79 Å². The molecule has 1 aromatic rings. The average molecular weight is 306 g/mol. The topological polar surface area (TPSA) is 35.6 Å². The second kappa shape index (κ2) is 5.61. The number of nitrogens with zero attached hydrogens (tertiary/aromatic N) is 2. The lowest BCUT2D eigenvalue weighted by Crippen LogP contribution is -2.45. The van der Waals surface area contributed by atoms with Gasteiger partial charge in [0.05, 0.1) is 6.54 Å². The zero-order valence-electron chi connectivity index (χ0n) is 13.0. The van der Waals surface area contributed by atoms with Crippen molar-refractivity contribution in [3.05, 3.63) is 66.8 Å². The molecular weight excluding hydrogens is 286 g/mol. The number of carbonyl (C=O) groups is 1. The van der Waals surface area contributed by atoms with Gasteiger partial charge in [-0.3, -0.25) is 4.90 Å². The lowest BCUT2D eigenvalue weighted by Gasteiger charge is -2.39. The van der Waals surface area contributed by atoms with Crippen LogP contribution in [0.2, 0.25) is 0 Å². The highest BCUT2D eigenvalue weighted by atomic mass is 16.2. The van der Waals surface area contributed by atoms with Crippen molar-refractivity contribution in [3.63, 3.8) is 0 Å². The van der Waals surface area contributed by atoms with E-state index in [1.165, 1.54) is 16.8 Å². The molecule has 1 aliphatic carbocycles. The maximum atomic E-state index is 12.4. The molecule has 0 atom stereocenters. The Morgan fingerprint density at radius 3 is 2.65 bits per heavy atom. The van der Waals surface area contributed by atoms with Gasteiger partial charge in [-0.25, -0.2) is 4.79 Å². The van der Waals surface area contributed by atoms with E-state index in [2.05, 4.69) is 47.5 Å². The number of hydrogen-bond donors (Lipinski definition) is 1. The summed E-state index contributed by atoms with van der Waals surface area (Å²) in [5.41, 5.74) is 4.48. The van der Waals surface area contributed by atoms with Gasteiger partial charge in [-0.05, 0) is 54.7 Å². The fourth-order valence-corrected chi connectivity index (χ4v) is 3.19. The fourth-order valence-electron chi connectivity index (χ4n) is 3.19. The van der Waals surface area contributed by atoms with Gasteiger partial charge in [0.25, 0.3) is 0 Å². The summed E-state index contributed by atoms with van der Waals surface area (Å²) >= 11 is 0. The molecule has 4 heteroatoms. The summed E-state index contributed by atoms with van der Waals surface area (Å²) in [5.74, 6) is 0.532. The summed E-state index contributed by atoms with van der Waals surface area (Å²) in [7, 11) is 0. The molecule has 1 aromatic carbocycles. The van der Waals surface area contributed by atoms with Crippen LogP contribution in [0.25, 0.3) is 0 Å². The van der Waals surface area contributed by atoms with Gasteiger partial charge in [0.15, 0.2) is 0 Å². The molecule has 1 saturated heterocycles. The highest BCUT2D eigenvalue weighted by Gasteiger charge is 2.24. The third-order valence-corrected chi connectivity index (χ3v) is 4.54. The molecule has 1 N–H and O–H groups in total. The Morgan fingerprint density at radius 2 is 1.96 bits per heavy atom. The molecule has 2 heterocycles. The maximum Gasteiger partial charge on any atom is 0.326 e. The van der Waals surface area contributed by atoms with Crippen molar-refractivity contribution < 1.29 is 4.79 Å². The Bertz CT molecular complexity index is 709. The first-order valence-electron chi connectivity index (χ1n) is 8.01. The van der Waals surface area contributed by atoms with Crippen LogP contribution in [0.1, 0.15) is 6.42 Å². The molecule has 2 aliphatic heterocycles. The Kier molecular flexibility index (Phi) is 3.45. The molecule has 0 unspecified atom stereocenters. The van der Waals surface area contributed by atoms with E-state index in [1.807, 2.05) is 18.3 Å². The summed E-state index contributed by atoms with van der Waals surface area (Å²) < 4.78 is 0. The first-order chi connectivity index (χ1) is 11.2. The number of carbonyl (C=O) groups excluding carboxylic acids is 1. The van der Waals surface area contributed by atoms with Crippen LogP contribution in [-0.2, 0) is 0 Å².